The smallest absolute Gasteiger partial charge is 0.362 e. The zero-order valence-corrected chi connectivity index (χ0v) is 10.2. The molecule has 7 heteroatoms. The molecule has 2 rings (SSSR count). The molecule has 1 N–H and O–H groups in total. The number of rotatable bonds is 2. The van der Waals surface area contributed by atoms with Gasteiger partial charge in [-0.15, -0.1) is 0 Å². The summed E-state index contributed by atoms with van der Waals surface area (Å²) in [6.45, 7) is 3.36. The van der Waals surface area contributed by atoms with Crippen molar-refractivity contribution in [2.24, 2.45) is 16.9 Å². The molecule has 1 amide bonds. The molecule has 0 aromatic heterocycles. The topological polar surface area (TPSA) is 52.9 Å². The molecule has 18 heavy (non-hydrogen) atoms. The molecule has 1 aliphatic heterocycles. The van der Waals surface area contributed by atoms with Gasteiger partial charge in [-0.2, -0.15) is 23.3 Å². The molecule has 0 saturated heterocycles. The summed E-state index contributed by atoms with van der Waals surface area (Å²) in [5.41, 5.74) is -2.98. The molecule has 0 aromatic rings. The lowest BCUT2D eigenvalue weighted by Crippen LogP contribution is -2.57. The van der Waals surface area contributed by atoms with E-state index in [4.69, 9.17) is 0 Å². The highest BCUT2D eigenvalue weighted by atomic mass is 19.4. The average Bonchev–Trinajstić information content (AvgIpc) is 2.99. The fourth-order valence-corrected chi connectivity index (χ4v) is 1.85. The van der Waals surface area contributed by atoms with Crippen molar-refractivity contribution in [2.75, 3.05) is 0 Å². The number of hydrazone groups is 1. The molecule has 0 radical (unpaired) electrons. The Hall–Kier alpha value is -1.11. The zero-order valence-electron chi connectivity index (χ0n) is 10.2. The van der Waals surface area contributed by atoms with E-state index in [9.17, 15) is 23.1 Å². The molecule has 1 aliphatic carbocycles. The molecule has 0 spiro atoms. The number of carbonyl (C=O) groups is 1. The van der Waals surface area contributed by atoms with Crippen LogP contribution >= 0.6 is 0 Å². The molecule has 1 heterocycles. The van der Waals surface area contributed by atoms with Gasteiger partial charge < -0.3 is 5.11 Å². The van der Waals surface area contributed by atoms with Gasteiger partial charge in [-0.05, 0) is 18.8 Å². The molecular formula is C11H15F3N2O2. The number of hydrogen-bond acceptors (Lipinski definition) is 3. The van der Waals surface area contributed by atoms with E-state index < -0.39 is 30.1 Å². The van der Waals surface area contributed by atoms with Crippen molar-refractivity contribution >= 4 is 11.6 Å². The first-order chi connectivity index (χ1) is 8.17. The van der Waals surface area contributed by atoms with Crippen molar-refractivity contribution in [2.45, 2.75) is 45.0 Å². The van der Waals surface area contributed by atoms with Gasteiger partial charge in [-0.3, -0.25) is 4.79 Å². The van der Waals surface area contributed by atoms with E-state index in [0.717, 1.165) is 0 Å². The maximum absolute atomic E-state index is 13.0. The Labute approximate surface area is 102 Å². The minimum absolute atomic E-state index is 0.198. The number of aliphatic hydroxyl groups is 1. The maximum Gasteiger partial charge on any atom is 0.438 e. The lowest BCUT2D eigenvalue weighted by Gasteiger charge is -2.32. The first-order valence-electron chi connectivity index (χ1n) is 5.87. The van der Waals surface area contributed by atoms with Gasteiger partial charge in [0, 0.05) is 18.1 Å². The van der Waals surface area contributed by atoms with Crippen molar-refractivity contribution < 1.29 is 23.1 Å². The van der Waals surface area contributed by atoms with Gasteiger partial charge in [0.2, 0.25) is 5.91 Å². The van der Waals surface area contributed by atoms with Gasteiger partial charge in [0.15, 0.2) is 0 Å². The van der Waals surface area contributed by atoms with Crippen LogP contribution in [-0.4, -0.2) is 33.6 Å². The predicted molar refractivity (Wildman–Crippen MR) is 57.5 cm³/mol. The average molecular weight is 264 g/mol. The van der Waals surface area contributed by atoms with Crippen LogP contribution in [0, 0.1) is 11.8 Å². The number of amides is 1. The Morgan fingerprint density at radius 3 is 2.44 bits per heavy atom. The number of carbonyl (C=O) groups excluding carboxylic acids is 1. The Bertz CT molecular complexity index is 402. The van der Waals surface area contributed by atoms with Crippen LogP contribution in [0.5, 0.6) is 0 Å². The lowest BCUT2D eigenvalue weighted by atomic mass is 9.99. The summed E-state index contributed by atoms with van der Waals surface area (Å²) >= 11 is 0. The van der Waals surface area contributed by atoms with Crippen molar-refractivity contribution in [1.29, 1.82) is 0 Å². The normalized spacial score (nSPS) is 28.8. The van der Waals surface area contributed by atoms with Crippen LogP contribution in [0.2, 0.25) is 0 Å². The van der Waals surface area contributed by atoms with Crippen molar-refractivity contribution in [3.8, 4) is 0 Å². The van der Waals surface area contributed by atoms with Crippen LogP contribution in [0.4, 0.5) is 13.2 Å². The van der Waals surface area contributed by atoms with Crippen molar-refractivity contribution in [3.63, 3.8) is 0 Å². The van der Waals surface area contributed by atoms with Gasteiger partial charge in [-0.1, -0.05) is 13.8 Å². The van der Waals surface area contributed by atoms with Crippen LogP contribution in [0.1, 0.15) is 33.1 Å². The Kier molecular flexibility index (Phi) is 2.92. The van der Waals surface area contributed by atoms with Gasteiger partial charge in [0.25, 0.3) is 5.72 Å². The van der Waals surface area contributed by atoms with Crippen LogP contribution in [0.25, 0.3) is 0 Å². The number of nitrogens with zero attached hydrogens (tertiary/aromatic N) is 2. The second-order valence-corrected chi connectivity index (χ2v) is 5.16. The Balaban J connectivity index is 2.33. The summed E-state index contributed by atoms with van der Waals surface area (Å²) in [4.78, 5) is 11.8. The van der Waals surface area contributed by atoms with E-state index in [2.05, 4.69) is 5.10 Å². The number of hydrogen-bond donors (Lipinski definition) is 1. The highest BCUT2D eigenvalue weighted by molar-refractivity contribution is 5.92. The third-order valence-corrected chi connectivity index (χ3v) is 3.26. The number of alkyl halides is 3. The molecule has 2 aliphatic rings. The Morgan fingerprint density at radius 1 is 1.50 bits per heavy atom. The quantitative estimate of drug-likeness (QED) is 0.828. The second kappa shape index (κ2) is 3.94. The number of halogens is 3. The van der Waals surface area contributed by atoms with E-state index in [1.165, 1.54) is 0 Å². The lowest BCUT2D eigenvalue weighted by molar-refractivity contribution is -0.302. The molecule has 1 unspecified atom stereocenters. The third kappa shape index (κ3) is 2.00. The van der Waals surface area contributed by atoms with Crippen LogP contribution in [0.3, 0.4) is 0 Å². The predicted octanol–water partition coefficient (Wildman–Crippen LogP) is 1.89. The zero-order chi connectivity index (χ0) is 13.7. The SMILES string of the molecule is CC(C)C1=NN(C(=O)C2CC2)C(O)(C(F)(F)F)C1. The third-order valence-electron chi connectivity index (χ3n) is 3.26. The van der Waals surface area contributed by atoms with E-state index in [1.54, 1.807) is 13.8 Å². The summed E-state index contributed by atoms with van der Waals surface area (Å²) < 4.78 is 38.9. The van der Waals surface area contributed by atoms with Gasteiger partial charge in [0.05, 0.1) is 0 Å². The summed E-state index contributed by atoms with van der Waals surface area (Å²) in [5.74, 6) is -1.39. The van der Waals surface area contributed by atoms with E-state index in [0.29, 0.717) is 12.8 Å². The molecule has 102 valence electrons. The highest BCUT2D eigenvalue weighted by Gasteiger charge is 2.64. The largest absolute Gasteiger partial charge is 0.438 e. The molecule has 0 aromatic carbocycles. The van der Waals surface area contributed by atoms with Gasteiger partial charge >= 0.3 is 6.18 Å². The second-order valence-electron chi connectivity index (χ2n) is 5.16. The van der Waals surface area contributed by atoms with E-state index in [-0.39, 0.29) is 16.6 Å². The first-order valence-corrected chi connectivity index (χ1v) is 5.87. The van der Waals surface area contributed by atoms with Crippen molar-refractivity contribution in [1.82, 2.24) is 5.01 Å². The standard InChI is InChI=1S/C11H15F3N2O2/c1-6(2)8-5-10(18,11(12,13)14)16(15-8)9(17)7-3-4-7/h6-7,18H,3-5H2,1-2H3. The van der Waals surface area contributed by atoms with Gasteiger partial charge in [0.1, 0.15) is 0 Å². The fraction of sp³-hybridized carbons (Fsp3) is 0.818. The Morgan fingerprint density at radius 2 is 2.06 bits per heavy atom. The maximum atomic E-state index is 13.0. The molecular weight excluding hydrogens is 249 g/mol. The summed E-state index contributed by atoms with van der Waals surface area (Å²) in [7, 11) is 0. The molecule has 1 atom stereocenters. The monoisotopic (exact) mass is 264 g/mol. The summed E-state index contributed by atoms with van der Waals surface area (Å²) in [5, 5.41) is 13.8. The summed E-state index contributed by atoms with van der Waals surface area (Å²) in [6.07, 6.45) is -4.43. The van der Waals surface area contributed by atoms with Crippen LogP contribution in [-0.2, 0) is 4.79 Å². The van der Waals surface area contributed by atoms with Crippen molar-refractivity contribution in [3.05, 3.63) is 0 Å². The molecule has 4 nitrogen and oxygen atoms in total. The molecule has 1 saturated carbocycles. The van der Waals surface area contributed by atoms with Gasteiger partial charge in [-0.25, -0.2) is 0 Å². The van der Waals surface area contributed by atoms with Crippen LogP contribution < -0.4 is 0 Å². The minimum atomic E-state index is -4.91. The van der Waals surface area contributed by atoms with E-state index in [1.807, 2.05) is 0 Å². The molecule has 0 bridgehead atoms. The highest BCUT2D eigenvalue weighted by Crippen LogP contribution is 2.44. The van der Waals surface area contributed by atoms with Crippen LogP contribution in [0.15, 0.2) is 5.10 Å². The van der Waals surface area contributed by atoms with E-state index >= 15 is 0 Å². The first kappa shape index (κ1) is 13.3. The molecule has 1 fully saturated rings. The fourth-order valence-electron chi connectivity index (χ4n) is 1.85. The summed E-state index contributed by atoms with van der Waals surface area (Å²) in [6, 6.07) is 0. The minimum Gasteiger partial charge on any atom is -0.362 e.